The van der Waals surface area contributed by atoms with Gasteiger partial charge in [0.15, 0.2) is 0 Å². The van der Waals surface area contributed by atoms with Crippen LogP contribution < -0.4 is 20.7 Å². The lowest BCUT2D eigenvalue weighted by atomic mass is 9.89. The Kier molecular flexibility index (Phi) is 6.64. The largest absolute Gasteiger partial charge is 0.416 e. The fourth-order valence-corrected chi connectivity index (χ4v) is 5.59. The van der Waals surface area contributed by atoms with Gasteiger partial charge in [0.25, 0.3) is 0 Å². The van der Waals surface area contributed by atoms with E-state index in [-0.39, 0.29) is 22.5 Å². The van der Waals surface area contributed by atoms with Crippen molar-refractivity contribution in [3.8, 4) is 0 Å². The Morgan fingerprint density at radius 1 is 0.970 bits per heavy atom. The van der Waals surface area contributed by atoms with Crippen LogP contribution in [0.4, 0.5) is 29.3 Å². The lowest BCUT2D eigenvalue weighted by Gasteiger charge is -2.27. The van der Waals surface area contributed by atoms with Crippen LogP contribution >= 0.6 is 0 Å². The van der Waals surface area contributed by atoms with Gasteiger partial charge in [-0.2, -0.15) is 13.2 Å². The number of carbonyl (C=O) groups is 1. The van der Waals surface area contributed by atoms with E-state index in [1.165, 1.54) is 18.2 Å². The number of nitrogens with one attached hydrogen (secondary N) is 4. The first-order valence-electron chi connectivity index (χ1n) is 10.7. The van der Waals surface area contributed by atoms with E-state index in [0.29, 0.717) is 37.2 Å². The summed E-state index contributed by atoms with van der Waals surface area (Å²) in [5.41, 5.74) is -0.0590. The average molecular weight is 483 g/mol. The number of alkyl halides is 3. The molecule has 1 aliphatic carbocycles. The molecule has 33 heavy (non-hydrogen) atoms. The molecule has 1 aliphatic heterocycles. The van der Waals surface area contributed by atoms with Crippen LogP contribution in [0.15, 0.2) is 47.4 Å². The van der Waals surface area contributed by atoms with Gasteiger partial charge in [-0.3, -0.25) is 0 Å². The lowest BCUT2D eigenvalue weighted by Crippen LogP contribution is -2.31. The van der Waals surface area contributed by atoms with E-state index in [2.05, 4.69) is 20.7 Å². The van der Waals surface area contributed by atoms with Gasteiger partial charge >= 0.3 is 12.2 Å². The number of amides is 2. The number of hydrogen-bond acceptors (Lipinski definition) is 4. The maximum atomic E-state index is 13.0. The first kappa shape index (κ1) is 23.5. The zero-order valence-corrected chi connectivity index (χ0v) is 18.5. The molecule has 2 aromatic rings. The average Bonchev–Trinajstić information content (AvgIpc) is 3.57. The van der Waals surface area contributed by atoms with Gasteiger partial charge in [0.2, 0.25) is 10.0 Å². The summed E-state index contributed by atoms with van der Waals surface area (Å²) in [5, 5.41) is 8.30. The van der Waals surface area contributed by atoms with Crippen LogP contribution in [0, 0.1) is 0 Å². The lowest BCUT2D eigenvalue weighted by molar-refractivity contribution is -0.137. The molecule has 0 bridgehead atoms. The molecule has 7 nitrogen and oxygen atoms in total. The van der Waals surface area contributed by atoms with E-state index in [1.54, 1.807) is 12.1 Å². The van der Waals surface area contributed by atoms with Crippen molar-refractivity contribution in [2.24, 2.45) is 0 Å². The van der Waals surface area contributed by atoms with E-state index >= 15 is 0 Å². The fraction of sp³-hybridized carbons (Fsp3) is 0.409. The summed E-state index contributed by atoms with van der Waals surface area (Å²) in [5.74, 6) is -0.0953. The molecule has 4 N–H and O–H groups in total. The van der Waals surface area contributed by atoms with Gasteiger partial charge in [-0.15, -0.1) is 0 Å². The second-order valence-electron chi connectivity index (χ2n) is 8.29. The van der Waals surface area contributed by atoms with E-state index in [9.17, 15) is 26.4 Å². The maximum absolute atomic E-state index is 13.0. The molecule has 2 fully saturated rings. The molecule has 2 aliphatic rings. The van der Waals surface area contributed by atoms with Gasteiger partial charge in [-0.25, -0.2) is 17.9 Å². The molecule has 0 spiro atoms. The van der Waals surface area contributed by atoms with Crippen molar-refractivity contribution in [2.45, 2.75) is 48.7 Å². The first-order chi connectivity index (χ1) is 15.6. The predicted octanol–water partition coefficient (Wildman–Crippen LogP) is 4.26. The number of benzene rings is 2. The van der Waals surface area contributed by atoms with Crippen molar-refractivity contribution in [2.75, 3.05) is 23.7 Å². The second kappa shape index (κ2) is 9.32. The van der Waals surface area contributed by atoms with Crippen molar-refractivity contribution in [1.29, 1.82) is 0 Å². The van der Waals surface area contributed by atoms with E-state index < -0.39 is 27.8 Å². The van der Waals surface area contributed by atoms with Crippen molar-refractivity contribution in [3.63, 3.8) is 0 Å². The molecular weight excluding hydrogens is 457 g/mol. The third-order valence-corrected chi connectivity index (χ3v) is 7.28. The molecule has 178 valence electrons. The van der Waals surface area contributed by atoms with Crippen LogP contribution in [-0.4, -0.2) is 33.6 Å². The van der Waals surface area contributed by atoms with E-state index in [4.69, 9.17) is 0 Å². The van der Waals surface area contributed by atoms with Crippen molar-refractivity contribution < 1.29 is 26.4 Å². The highest BCUT2D eigenvalue weighted by Gasteiger charge is 2.33. The van der Waals surface area contributed by atoms with Crippen molar-refractivity contribution in [3.05, 3.63) is 53.6 Å². The van der Waals surface area contributed by atoms with Gasteiger partial charge in [-0.05, 0) is 80.6 Å². The number of urea groups is 1. The first-order valence-corrected chi connectivity index (χ1v) is 12.2. The van der Waals surface area contributed by atoms with Crippen LogP contribution in [0.2, 0.25) is 0 Å². The Bertz CT molecular complexity index is 1130. The van der Waals surface area contributed by atoms with E-state index in [1.807, 2.05) is 0 Å². The number of rotatable bonds is 6. The second-order valence-corrected chi connectivity index (χ2v) is 9.98. The summed E-state index contributed by atoms with van der Waals surface area (Å²) in [6.07, 6.45) is -1.56. The smallest absolute Gasteiger partial charge is 0.317 e. The van der Waals surface area contributed by atoms with Gasteiger partial charge in [0.05, 0.1) is 10.5 Å². The Morgan fingerprint density at radius 2 is 1.67 bits per heavy atom. The molecular formula is C22H25F3N4O3S. The molecule has 1 saturated carbocycles. The molecule has 0 atom stereocenters. The van der Waals surface area contributed by atoms with Crippen molar-refractivity contribution in [1.82, 2.24) is 10.0 Å². The van der Waals surface area contributed by atoms with Gasteiger partial charge < -0.3 is 16.0 Å². The normalized spacial score (nSPS) is 17.5. The van der Waals surface area contributed by atoms with Crippen LogP contribution in [0.5, 0.6) is 0 Å². The summed E-state index contributed by atoms with van der Waals surface area (Å²) in [4.78, 5) is 12.8. The maximum Gasteiger partial charge on any atom is 0.416 e. The Labute approximate surface area is 190 Å². The number of piperidine rings is 1. The summed E-state index contributed by atoms with van der Waals surface area (Å²) < 4.78 is 67.7. The Balaban J connectivity index is 1.61. The molecule has 0 aromatic heterocycles. The van der Waals surface area contributed by atoms with Crippen LogP contribution in [-0.2, 0) is 16.2 Å². The predicted molar refractivity (Wildman–Crippen MR) is 119 cm³/mol. The number of halogens is 3. The van der Waals surface area contributed by atoms with Gasteiger partial charge in [0.1, 0.15) is 0 Å². The molecule has 2 amide bonds. The molecule has 0 radical (unpaired) electrons. The Hall–Kier alpha value is -2.63. The highest BCUT2D eigenvalue weighted by Crippen LogP contribution is 2.37. The molecule has 1 heterocycles. The third kappa shape index (κ3) is 5.84. The summed E-state index contributed by atoms with van der Waals surface area (Å²) in [7, 11) is -3.78. The number of carbonyl (C=O) groups excluding carboxylic acids is 1. The van der Waals surface area contributed by atoms with Crippen molar-refractivity contribution >= 4 is 27.4 Å². The van der Waals surface area contributed by atoms with Gasteiger partial charge in [0, 0.05) is 17.4 Å². The topological polar surface area (TPSA) is 99.3 Å². The Morgan fingerprint density at radius 3 is 2.33 bits per heavy atom. The highest BCUT2D eigenvalue weighted by atomic mass is 32.2. The minimum Gasteiger partial charge on any atom is -0.317 e. The molecule has 2 aromatic carbocycles. The minimum absolute atomic E-state index is 0.0232. The molecule has 0 unspecified atom stereocenters. The van der Waals surface area contributed by atoms with E-state index in [0.717, 1.165) is 25.0 Å². The molecule has 4 rings (SSSR count). The number of anilines is 2. The zero-order chi connectivity index (χ0) is 23.6. The summed E-state index contributed by atoms with van der Waals surface area (Å²) >= 11 is 0. The molecule has 11 heteroatoms. The minimum atomic E-state index is -4.53. The van der Waals surface area contributed by atoms with Crippen LogP contribution in [0.1, 0.15) is 42.7 Å². The monoisotopic (exact) mass is 482 g/mol. The molecule has 1 saturated heterocycles. The summed E-state index contributed by atoms with van der Waals surface area (Å²) in [6, 6.07) is 8.17. The fourth-order valence-electron chi connectivity index (χ4n) is 3.96. The quantitative estimate of drug-likeness (QED) is 0.495. The highest BCUT2D eigenvalue weighted by molar-refractivity contribution is 7.89. The van der Waals surface area contributed by atoms with Gasteiger partial charge in [-0.1, -0.05) is 12.1 Å². The van der Waals surface area contributed by atoms with Crippen LogP contribution in [0.25, 0.3) is 0 Å². The summed E-state index contributed by atoms with van der Waals surface area (Å²) in [6.45, 7) is 1.43. The standard InChI is InChI=1S/C22H25F3N4O3S/c23-22(24,25)15-3-1-4-17(13-15)27-21(30)28-18-5-2-6-19(33(31,32)29-16-7-8-16)20(18)14-9-11-26-12-10-14/h1-6,13-14,16,26,29H,7-12H2,(H2,27,28,30). The SMILES string of the molecule is O=C(Nc1cccc(C(F)(F)F)c1)Nc1cccc(S(=O)(=O)NC2CC2)c1C1CCNCC1. The number of sulfonamides is 1. The zero-order valence-electron chi connectivity index (χ0n) is 17.7. The van der Waals surface area contributed by atoms with Crippen LogP contribution in [0.3, 0.4) is 0 Å². The number of hydrogen-bond donors (Lipinski definition) is 4. The third-order valence-electron chi connectivity index (χ3n) is 5.70.